The fraction of sp³-hybridized carbons (Fsp3) is 0.500. The molecule has 67 heavy (non-hydrogen) atoms. The van der Waals surface area contributed by atoms with Gasteiger partial charge in [-0.05, 0) is 80.3 Å². The van der Waals surface area contributed by atoms with Gasteiger partial charge in [0.25, 0.3) is 18.2 Å². The Morgan fingerprint density at radius 1 is 0.896 bits per heavy atom. The Kier molecular flexibility index (Phi) is 13.1. The maximum atomic E-state index is 14.7. The Bertz CT molecular complexity index is 2600. The Labute approximate surface area is 387 Å². The van der Waals surface area contributed by atoms with Gasteiger partial charge in [-0.2, -0.15) is 10.2 Å². The lowest BCUT2D eigenvalue weighted by Crippen LogP contribution is -2.54. The number of alkyl halides is 2. The minimum Gasteiger partial charge on any atom is -0.384 e. The van der Waals surface area contributed by atoms with Crippen LogP contribution in [0.5, 0.6) is 0 Å². The first-order chi connectivity index (χ1) is 32.4. The highest BCUT2D eigenvalue weighted by Crippen LogP contribution is 2.44. The van der Waals surface area contributed by atoms with E-state index in [2.05, 4.69) is 30.6 Å². The Balaban J connectivity index is 0.779. The van der Waals surface area contributed by atoms with Crippen molar-refractivity contribution in [2.75, 3.05) is 50.0 Å². The number of hydrogen-bond acceptors (Lipinski definition) is 10. The van der Waals surface area contributed by atoms with E-state index in [0.29, 0.717) is 80.4 Å². The van der Waals surface area contributed by atoms with Crippen molar-refractivity contribution in [2.45, 2.75) is 109 Å². The second-order valence-electron chi connectivity index (χ2n) is 18.2. The molecule has 0 spiro atoms. The van der Waals surface area contributed by atoms with Crippen LogP contribution in [0, 0.1) is 0 Å². The number of nitrogens with one attached hydrogen (secondary N) is 3. The number of aryl methyl sites for hydroxylation is 2. The molecule has 7 amide bonds. The number of halogens is 2. The minimum atomic E-state index is -2.70. The van der Waals surface area contributed by atoms with Crippen molar-refractivity contribution in [3.63, 3.8) is 0 Å². The van der Waals surface area contributed by atoms with Gasteiger partial charge in [0.15, 0.2) is 5.82 Å². The predicted octanol–water partition coefficient (Wildman–Crippen LogP) is 6.02. The second-order valence-corrected chi connectivity index (χ2v) is 18.2. The van der Waals surface area contributed by atoms with E-state index in [1.54, 1.807) is 60.3 Å². The zero-order valence-corrected chi connectivity index (χ0v) is 38.0. The average molecular weight is 922 g/mol. The number of fused-ring (bicyclic) bond motifs is 3. The lowest BCUT2D eigenvalue weighted by Gasteiger charge is -2.34. The Morgan fingerprint density at radius 2 is 1.69 bits per heavy atom. The summed E-state index contributed by atoms with van der Waals surface area (Å²) in [5.41, 5.74) is 5.75. The number of piperidine rings is 2. The topological polar surface area (TPSA) is 187 Å². The SMILES string of the molecule is CNC(=O)N1CCc2c(c(N3CCCc4cc(-c5cnn(C)c5)c(C(F)F)cc43)nn2C2CCN(C(=O)CCCCCCCNc3cccc4c3C(=O)N(C3CCC(=O)NC3=O)C4=O)CC2)C1. The van der Waals surface area contributed by atoms with Gasteiger partial charge in [-0.15, -0.1) is 0 Å². The van der Waals surface area contributed by atoms with E-state index in [1.165, 1.54) is 0 Å². The summed E-state index contributed by atoms with van der Waals surface area (Å²) in [4.78, 5) is 83.7. The van der Waals surface area contributed by atoms with Gasteiger partial charge in [0.1, 0.15) is 6.04 Å². The Morgan fingerprint density at radius 3 is 2.43 bits per heavy atom. The third-order valence-corrected chi connectivity index (χ3v) is 14.0. The summed E-state index contributed by atoms with van der Waals surface area (Å²) in [6.07, 6.45) is 9.25. The molecule has 2 aromatic heterocycles. The number of carbonyl (C=O) groups is 6. The smallest absolute Gasteiger partial charge is 0.317 e. The number of anilines is 3. The summed E-state index contributed by atoms with van der Waals surface area (Å²) in [5, 5.41) is 17.8. The van der Waals surface area contributed by atoms with Gasteiger partial charge < -0.3 is 25.3 Å². The third-order valence-electron chi connectivity index (χ3n) is 14.0. The van der Waals surface area contributed by atoms with Crippen molar-refractivity contribution in [3.05, 3.63) is 76.2 Å². The second kappa shape index (κ2) is 19.3. The van der Waals surface area contributed by atoms with Crippen LogP contribution in [0.2, 0.25) is 0 Å². The fourth-order valence-electron chi connectivity index (χ4n) is 10.5. The molecule has 0 radical (unpaired) electrons. The lowest BCUT2D eigenvalue weighted by atomic mass is 9.92. The molecule has 9 rings (SSSR count). The van der Waals surface area contributed by atoms with Crippen LogP contribution in [0.4, 0.5) is 30.8 Å². The number of aromatic nitrogens is 4. The van der Waals surface area contributed by atoms with Crippen LogP contribution in [0.15, 0.2) is 42.7 Å². The molecule has 354 valence electrons. The van der Waals surface area contributed by atoms with Crippen LogP contribution in [0.3, 0.4) is 0 Å². The third kappa shape index (κ3) is 8.99. The van der Waals surface area contributed by atoms with Crippen LogP contribution in [-0.2, 0) is 40.8 Å². The summed E-state index contributed by atoms with van der Waals surface area (Å²) >= 11 is 0. The number of unbranched alkanes of at least 4 members (excludes halogenated alkanes) is 4. The molecule has 19 heteroatoms. The van der Waals surface area contributed by atoms with Crippen molar-refractivity contribution in [3.8, 4) is 11.1 Å². The molecule has 1 atom stereocenters. The van der Waals surface area contributed by atoms with Crippen LogP contribution in [0.25, 0.3) is 11.1 Å². The van der Waals surface area contributed by atoms with Crippen molar-refractivity contribution in [2.24, 2.45) is 7.05 Å². The van der Waals surface area contributed by atoms with Crippen LogP contribution >= 0.6 is 0 Å². The maximum absolute atomic E-state index is 14.7. The summed E-state index contributed by atoms with van der Waals surface area (Å²) in [5.74, 6) is -1.30. The van der Waals surface area contributed by atoms with Gasteiger partial charge in [-0.25, -0.2) is 13.6 Å². The molecule has 4 aromatic rings. The molecular weight excluding hydrogens is 865 g/mol. The van der Waals surface area contributed by atoms with E-state index >= 15 is 0 Å². The minimum absolute atomic E-state index is 0.0420. The molecule has 0 aliphatic carbocycles. The Hall–Kier alpha value is -6.66. The number of carbonyl (C=O) groups excluding carboxylic acids is 6. The van der Waals surface area contributed by atoms with Crippen LogP contribution < -0.4 is 20.9 Å². The number of likely N-dealkylation sites (tertiary alicyclic amines) is 1. The lowest BCUT2D eigenvalue weighted by molar-refractivity contribution is -0.136. The number of benzene rings is 2. The fourth-order valence-corrected chi connectivity index (χ4v) is 10.5. The molecule has 17 nitrogen and oxygen atoms in total. The summed E-state index contributed by atoms with van der Waals surface area (Å²) in [6.45, 7) is 3.27. The van der Waals surface area contributed by atoms with Gasteiger partial charge in [0.05, 0.1) is 29.9 Å². The van der Waals surface area contributed by atoms with E-state index in [0.717, 1.165) is 79.5 Å². The molecule has 2 fully saturated rings. The molecule has 2 saturated heterocycles. The molecule has 2 aromatic carbocycles. The summed E-state index contributed by atoms with van der Waals surface area (Å²) < 4.78 is 33.2. The highest BCUT2D eigenvalue weighted by molar-refractivity contribution is 6.25. The number of nitrogens with zero attached hydrogens (tertiary/aromatic N) is 8. The highest BCUT2D eigenvalue weighted by atomic mass is 19.3. The van der Waals surface area contributed by atoms with Crippen molar-refractivity contribution in [1.82, 2.24) is 44.9 Å². The van der Waals surface area contributed by atoms with Gasteiger partial charge >= 0.3 is 6.03 Å². The van der Waals surface area contributed by atoms with Gasteiger partial charge in [-0.1, -0.05) is 25.3 Å². The molecular formula is C48H57F2N11O6. The standard InChI is InChI=1S/C48H57F2N11O6/c1-51-48(67)58-23-18-37-35(28-58)44(59-20-9-10-29-24-33(30-26-53-56(2)27-30)34(43(49)50)25-39(29)59)55-61(37)31-16-21-57(22-17-31)41(63)13-6-4-3-5-7-19-52-36-12-8-11-32-42(36)47(66)60(46(32)65)38-14-15-40(62)54-45(38)64/h8,11-12,24-27,31,38,43,52H,3-7,9-10,13-23,28H2,1-2H3,(H,51,67)(H,54,62,64). The summed E-state index contributed by atoms with van der Waals surface area (Å²) in [6, 6.07) is 7.36. The monoisotopic (exact) mass is 921 g/mol. The van der Waals surface area contributed by atoms with E-state index in [-0.39, 0.29) is 47.5 Å². The van der Waals surface area contributed by atoms with E-state index in [4.69, 9.17) is 5.10 Å². The number of imide groups is 2. The largest absolute Gasteiger partial charge is 0.384 e. The van der Waals surface area contributed by atoms with Crippen molar-refractivity contribution >= 4 is 52.8 Å². The molecule has 5 aliphatic heterocycles. The first kappa shape index (κ1) is 45.5. The van der Waals surface area contributed by atoms with Crippen molar-refractivity contribution < 1.29 is 37.5 Å². The van der Waals surface area contributed by atoms with E-state index in [9.17, 15) is 37.5 Å². The first-order valence-electron chi connectivity index (χ1n) is 23.6. The predicted molar refractivity (Wildman–Crippen MR) is 244 cm³/mol. The zero-order chi connectivity index (χ0) is 46.9. The summed E-state index contributed by atoms with van der Waals surface area (Å²) in [7, 11) is 3.38. The normalized spacial score (nSPS) is 18.6. The molecule has 5 aliphatic rings. The zero-order valence-electron chi connectivity index (χ0n) is 38.0. The van der Waals surface area contributed by atoms with E-state index < -0.39 is 36.1 Å². The number of amides is 7. The number of urea groups is 1. The van der Waals surface area contributed by atoms with Crippen LogP contribution in [-0.4, -0.2) is 116 Å². The van der Waals surface area contributed by atoms with Gasteiger partial charge in [0.2, 0.25) is 17.7 Å². The first-order valence-corrected chi connectivity index (χ1v) is 23.6. The maximum Gasteiger partial charge on any atom is 0.317 e. The number of hydrogen-bond donors (Lipinski definition) is 3. The van der Waals surface area contributed by atoms with Crippen molar-refractivity contribution in [1.29, 1.82) is 0 Å². The number of rotatable bonds is 14. The van der Waals surface area contributed by atoms with Gasteiger partial charge in [-0.3, -0.25) is 43.6 Å². The molecule has 3 N–H and O–H groups in total. The molecule has 1 unspecified atom stereocenters. The van der Waals surface area contributed by atoms with Gasteiger partial charge in [0, 0.05) is 106 Å². The van der Waals surface area contributed by atoms with Crippen LogP contribution in [0.1, 0.15) is 126 Å². The molecule has 7 heterocycles. The van der Waals surface area contributed by atoms with E-state index in [1.807, 2.05) is 11.0 Å². The average Bonchev–Trinajstić information content (AvgIpc) is 4.01. The quantitative estimate of drug-likeness (QED) is 0.0998. The molecule has 0 saturated carbocycles. The highest BCUT2D eigenvalue weighted by Gasteiger charge is 2.46. The molecule has 0 bridgehead atoms.